The van der Waals surface area contributed by atoms with Gasteiger partial charge >= 0.3 is 0 Å². The fourth-order valence-corrected chi connectivity index (χ4v) is 3.77. The van der Waals surface area contributed by atoms with Gasteiger partial charge in [-0.1, -0.05) is 58.4 Å². The molecular formula is C28H24BrN3O4. The number of nitrogens with zero attached hydrogens (tertiary/aromatic N) is 1. The van der Waals surface area contributed by atoms with Gasteiger partial charge in [0.1, 0.15) is 24.5 Å². The number of nitrogens with one attached hydrogen (secondary N) is 2. The monoisotopic (exact) mass is 545 g/mol. The fourth-order valence-electron chi connectivity index (χ4n) is 3.51. The van der Waals surface area contributed by atoms with Crippen molar-refractivity contribution >= 4 is 50.4 Å². The number of carbonyl (C=O) groups excluding carboxylic acids is 2. The summed E-state index contributed by atoms with van der Waals surface area (Å²) in [6, 6.07) is 26.4. The molecule has 0 saturated carbocycles. The molecule has 0 radical (unpaired) electrons. The lowest BCUT2D eigenvalue weighted by Gasteiger charge is -2.12. The van der Waals surface area contributed by atoms with Crippen molar-refractivity contribution in [3.63, 3.8) is 0 Å². The van der Waals surface area contributed by atoms with E-state index in [-0.39, 0.29) is 6.42 Å². The van der Waals surface area contributed by atoms with Crippen molar-refractivity contribution in [3.8, 4) is 11.5 Å². The van der Waals surface area contributed by atoms with E-state index in [9.17, 15) is 9.59 Å². The molecule has 0 heterocycles. The van der Waals surface area contributed by atoms with E-state index >= 15 is 0 Å². The molecule has 0 aliphatic carbocycles. The number of benzene rings is 4. The SMILES string of the molecule is COc1ccc(NC(=O)CC(=O)NN=Cc2c(OCc3ccc(Br)cc3)ccc3ccccc23)cc1. The van der Waals surface area contributed by atoms with Crippen molar-refractivity contribution in [2.45, 2.75) is 13.0 Å². The quantitative estimate of drug-likeness (QED) is 0.161. The summed E-state index contributed by atoms with van der Waals surface area (Å²) in [5.41, 5.74) is 4.75. The molecule has 182 valence electrons. The zero-order chi connectivity index (χ0) is 25.3. The molecule has 2 amide bonds. The van der Waals surface area contributed by atoms with Crippen LogP contribution in [0.15, 0.2) is 94.5 Å². The van der Waals surface area contributed by atoms with E-state index in [4.69, 9.17) is 9.47 Å². The number of hydrogen-bond donors (Lipinski definition) is 2. The predicted octanol–water partition coefficient (Wildman–Crippen LogP) is 5.67. The van der Waals surface area contributed by atoms with Crippen LogP contribution in [-0.4, -0.2) is 25.1 Å². The first-order valence-corrected chi connectivity index (χ1v) is 12.0. The van der Waals surface area contributed by atoms with Crippen LogP contribution in [0.4, 0.5) is 5.69 Å². The van der Waals surface area contributed by atoms with Crippen molar-refractivity contribution in [3.05, 3.63) is 101 Å². The van der Waals surface area contributed by atoms with Gasteiger partial charge in [0.2, 0.25) is 11.8 Å². The summed E-state index contributed by atoms with van der Waals surface area (Å²) in [4.78, 5) is 24.5. The van der Waals surface area contributed by atoms with Crippen molar-refractivity contribution in [2.75, 3.05) is 12.4 Å². The first-order chi connectivity index (χ1) is 17.5. The Labute approximate surface area is 217 Å². The van der Waals surface area contributed by atoms with Gasteiger partial charge in [-0.15, -0.1) is 0 Å². The largest absolute Gasteiger partial charge is 0.497 e. The standard InChI is InChI=1S/C28H24BrN3O4/c1-35-23-13-11-22(12-14-23)31-27(33)16-28(34)32-30-17-25-24-5-3-2-4-20(24)8-15-26(25)36-18-19-6-9-21(29)10-7-19/h2-15,17H,16,18H2,1H3,(H,31,33)(H,32,34). The first-order valence-electron chi connectivity index (χ1n) is 11.2. The molecule has 4 aromatic rings. The lowest BCUT2D eigenvalue weighted by Crippen LogP contribution is -2.24. The summed E-state index contributed by atoms with van der Waals surface area (Å²) >= 11 is 3.43. The molecule has 0 spiro atoms. The molecule has 7 nitrogen and oxygen atoms in total. The molecule has 0 atom stereocenters. The Morgan fingerprint density at radius 3 is 2.42 bits per heavy atom. The second-order valence-electron chi connectivity index (χ2n) is 7.86. The van der Waals surface area contributed by atoms with Gasteiger partial charge in [0, 0.05) is 15.7 Å². The van der Waals surface area contributed by atoms with Gasteiger partial charge in [0.05, 0.1) is 13.3 Å². The minimum absolute atomic E-state index is 0.369. The van der Waals surface area contributed by atoms with Crippen LogP contribution in [0, 0.1) is 0 Å². The number of hydrogen-bond acceptors (Lipinski definition) is 5. The van der Waals surface area contributed by atoms with Gasteiger partial charge < -0.3 is 14.8 Å². The number of halogens is 1. The third-order valence-corrected chi connectivity index (χ3v) is 5.84. The molecule has 8 heteroatoms. The van der Waals surface area contributed by atoms with Crippen molar-refractivity contribution in [1.82, 2.24) is 5.43 Å². The van der Waals surface area contributed by atoms with Crippen LogP contribution >= 0.6 is 15.9 Å². The van der Waals surface area contributed by atoms with Gasteiger partial charge in [0.25, 0.3) is 0 Å². The normalized spacial score (nSPS) is 10.8. The molecule has 0 saturated heterocycles. The Morgan fingerprint density at radius 1 is 0.917 bits per heavy atom. The maximum Gasteiger partial charge on any atom is 0.249 e. The van der Waals surface area contributed by atoms with E-state index in [0.717, 1.165) is 26.4 Å². The van der Waals surface area contributed by atoms with E-state index < -0.39 is 11.8 Å². The number of anilines is 1. The molecule has 0 fully saturated rings. The van der Waals surface area contributed by atoms with Crippen LogP contribution in [0.1, 0.15) is 17.5 Å². The number of ether oxygens (including phenoxy) is 2. The summed E-state index contributed by atoms with van der Waals surface area (Å²) in [6.07, 6.45) is 1.17. The molecule has 2 N–H and O–H groups in total. The Balaban J connectivity index is 1.42. The summed E-state index contributed by atoms with van der Waals surface area (Å²) in [5.74, 6) is 0.326. The van der Waals surface area contributed by atoms with Crippen LogP contribution in [0.3, 0.4) is 0 Å². The molecule has 0 unspecified atom stereocenters. The van der Waals surface area contributed by atoms with Gasteiger partial charge in [0.15, 0.2) is 0 Å². The molecule has 36 heavy (non-hydrogen) atoms. The van der Waals surface area contributed by atoms with Gasteiger partial charge in [-0.25, -0.2) is 5.43 Å². The number of fused-ring (bicyclic) bond motifs is 1. The third-order valence-electron chi connectivity index (χ3n) is 5.32. The highest BCUT2D eigenvalue weighted by Crippen LogP contribution is 2.27. The number of hydrazone groups is 1. The topological polar surface area (TPSA) is 89.0 Å². The number of amides is 2. The minimum atomic E-state index is -0.533. The van der Waals surface area contributed by atoms with E-state index in [1.54, 1.807) is 37.6 Å². The van der Waals surface area contributed by atoms with Gasteiger partial charge in [-0.2, -0.15) is 5.10 Å². The average molecular weight is 546 g/mol. The number of rotatable bonds is 9. The van der Waals surface area contributed by atoms with Crippen LogP contribution in [0.5, 0.6) is 11.5 Å². The van der Waals surface area contributed by atoms with Crippen LogP contribution in [0.25, 0.3) is 10.8 Å². The smallest absolute Gasteiger partial charge is 0.249 e. The predicted molar refractivity (Wildman–Crippen MR) is 144 cm³/mol. The zero-order valence-electron chi connectivity index (χ0n) is 19.5. The second kappa shape index (κ2) is 12.0. The minimum Gasteiger partial charge on any atom is -0.497 e. The van der Waals surface area contributed by atoms with E-state index in [0.29, 0.717) is 23.8 Å². The molecule has 0 aliphatic rings. The zero-order valence-corrected chi connectivity index (χ0v) is 21.1. The summed E-state index contributed by atoms with van der Waals surface area (Å²) in [5, 5.41) is 8.71. The number of carbonyl (C=O) groups is 2. The van der Waals surface area contributed by atoms with Gasteiger partial charge in [-0.05, 0) is 58.8 Å². The van der Waals surface area contributed by atoms with E-state index in [1.165, 1.54) is 0 Å². The highest BCUT2D eigenvalue weighted by Gasteiger charge is 2.11. The lowest BCUT2D eigenvalue weighted by molar-refractivity contribution is -0.126. The Hall–Kier alpha value is -4.17. The van der Waals surface area contributed by atoms with Gasteiger partial charge in [-0.3, -0.25) is 9.59 Å². The Bertz CT molecular complexity index is 1390. The van der Waals surface area contributed by atoms with Crippen LogP contribution < -0.4 is 20.2 Å². The molecule has 4 rings (SSSR count). The highest BCUT2D eigenvalue weighted by atomic mass is 79.9. The fraction of sp³-hybridized carbons (Fsp3) is 0.107. The summed E-state index contributed by atoms with van der Waals surface area (Å²) in [6.45, 7) is 0.379. The Morgan fingerprint density at radius 2 is 1.67 bits per heavy atom. The molecule has 0 aromatic heterocycles. The molecule has 0 bridgehead atoms. The average Bonchev–Trinajstić information content (AvgIpc) is 2.89. The molecular weight excluding hydrogens is 522 g/mol. The summed E-state index contributed by atoms with van der Waals surface area (Å²) < 4.78 is 12.2. The van der Waals surface area contributed by atoms with Crippen LogP contribution in [-0.2, 0) is 16.2 Å². The molecule has 0 aliphatic heterocycles. The maximum absolute atomic E-state index is 12.3. The molecule has 4 aromatic carbocycles. The third kappa shape index (κ3) is 6.70. The number of methoxy groups -OCH3 is 1. The van der Waals surface area contributed by atoms with Crippen LogP contribution in [0.2, 0.25) is 0 Å². The summed E-state index contributed by atoms with van der Waals surface area (Å²) in [7, 11) is 1.56. The van der Waals surface area contributed by atoms with Crippen molar-refractivity contribution < 1.29 is 19.1 Å². The Kier molecular flexibility index (Phi) is 8.31. The highest BCUT2D eigenvalue weighted by molar-refractivity contribution is 9.10. The van der Waals surface area contributed by atoms with E-state index in [2.05, 4.69) is 31.8 Å². The van der Waals surface area contributed by atoms with E-state index in [1.807, 2.05) is 60.7 Å². The first kappa shape index (κ1) is 24.9. The van der Waals surface area contributed by atoms with Crippen molar-refractivity contribution in [1.29, 1.82) is 0 Å². The maximum atomic E-state index is 12.3. The van der Waals surface area contributed by atoms with Crippen molar-refractivity contribution in [2.24, 2.45) is 5.10 Å². The lowest BCUT2D eigenvalue weighted by atomic mass is 10.0. The second-order valence-corrected chi connectivity index (χ2v) is 8.78.